The van der Waals surface area contributed by atoms with Gasteiger partial charge in [0.1, 0.15) is 5.82 Å². The lowest BCUT2D eigenvalue weighted by molar-refractivity contribution is 0.0601. The molecule has 2 aromatic rings. The second kappa shape index (κ2) is 6.36. The highest BCUT2D eigenvalue weighted by molar-refractivity contribution is 5.93. The predicted molar refractivity (Wildman–Crippen MR) is 75.3 cm³/mol. The first kappa shape index (κ1) is 13.6. The number of carbonyl (C=O) groups is 1. The molecule has 4 nitrogen and oxygen atoms in total. The maximum Gasteiger partial charge on any atom is 0.337 e. The summed E-state index contributed by atoms with van der Waals surface area (Å²) in [5.74, 6) is 0.675. The quantitative estimate of drug-likeness (QED) is 0.639. The minimum absolute atomic E-state index is 0.319. The van der Waals surface area contributed by atoms with Crippen LogP contribution in [0.1, 0.15) is 48.8 Å². The van der Waals surface area contributed by atoms with Gasteiger partial charge in [0.25, 0.3) is 0 Å². The van der Waals surface area contributed by atoms with E-state index in [9.17, 15) is 4.79 Å². The molecule has 0 aliphatic heterocycles. The van der Waals surface area contributed by atoms with Crippen molar-refractivity contribution in [2.45, 2.75) is 39.0 Å². The fourth-order valence-corrected chi connectivity index (χ4v) is 2.14. The lowest BCUT2D eigenvalue weighted by atomic mass is 10.1. The van der Waals surface area contributed by atoms with Crippen LogP contribution >= 0.6 is 0 Å². The number of unbranched alkanes of at least 4 members (excludes halogenated alkanes) is 3. The summed E-state index contributed by atoms with van der Waals surface area (Å²) in [6.45, 7) is 2.20. The van der Waals surface area contributed by atoms with Crippen molar-refractivity contribution in [1.29, 1.82) is 0 Å². The number of hydrogen-bond donors (Lipinski definition) is 1. The molecule has 1 heterocycles. The SMILES string of the molecule is CCCCCCc1nc2ccc(C(=O)OC)cc2[nH]1. The van der Waals surface area contributed by atoms with Gasteiger partial charge in [0, 0.05) is 6.42 Å². The maximum atomic E-state index is 11.5. The zero-order chi connectivity index (χ0) is 13.7. The standard InChI is InChI=1S/C15H20N2O2/c1-3-4-5-6-7-14-16-12-9-8-11(15(18)19-2)10-13(12)17-14/h8-10H,3-7H2,1-2H3,(H,16,17). The Morgan fingerprint density at radius 2 is 2.16 bits per heavy atom. The van der Waals surface area contributed by atoms with Gasteiger partial charge in [-0.25, -0.2) is 9.78 Å². The molecule has 0 fully saturated rings. The van der Waals surface area contributed by atoms with Gasteiger partial charge in [-0.3, -0.25) is 0 Å². The molecule has 0 aliphatic rings. The third kappa shape index (κ3) is 3.34. The fourth-order valence-electron chi connectivity index (χ4n) is 2.14. The van der Waals surface area contributed by atoms with E-state index in [4.69, 9.17) is 4.74 Å². The van der Waals surface area contributed by atoms with Gasteiger partial charge in [-0.1, -0.05) is 26.2 Å². The minimum Gasteiger partial charge on any atom is -0.465 e. The van der Waals surface area contributed by atoms with Crippen LogP contribution in [-0.4, -0.2) is 23.0 Å². The van der Waals surface area contributed by atoms with E-state index in [0.717, 1.165) is 29.7 Å². The van der Waals surface area contributed by atoms with Crippen LogP contribution in [0.5, 0.6) is 0 Å². The van der Waals surface area contributed by atoms with Crippen molar-refractivity contribution < 1.29 is 9.53 Å². The maximum absolute atomic E-state index is 11.5. The zero-order valence-corrected chi connectivity index (χ0v) is 11.5. The Balaban J connectivity index is 2.09. The van der Waals surface area contributed by atoms with Crippen molar-refractivity contribution in [1.82, 2.24) is 9.97 Å². The van der Waals surface area contributed by atoms with E-state index in [1.165, 1.54) is 26.4 Å². The number of benzene rings is 1. The number of aromatic amines is 1. The summed E-state index contributed by atoms with van der Waals surface area (Å²) in [7, 11) is 1.39. The number of esters is 1. The van der Waals surface area contributed by atoms with E-state index in [0.29, 0.717) is 5.56 Å². The Kier molecular flexibility index (Phi) is 4.55. The number of ether oxygens (including phenoxy) is 1. The summed E-state index contributed by atoms with van der Waals surface area (Å²) in [5, 5.41) is 0. The monoisotopic (exact) mass is 260 g/mol. The van der Waals surface area contributed by atoms with Crippen LogP contribution in [0.2, 0.25) is 0 Å². The number of hydrogen-bond acceptors (Lipinski definition) is 3. The Hall–Kier alpha value is -1.84. The summed E-state index contributed by atoms with van der Waals surface area (Å²) >= 11 is 0. The van der Waals surface area contributed by atoms with Crippen LogP contribution < -0.4 is 0 Å². The molecule has 0 amide bonds. The van der Waals surface area contributed by atoms with Crippen molar-refractivity contribution in [3.63, 3.8) is 0 Å². The zero-order valence-electron chi connectivity index (χ0n) is 11.5. The highest BCUT2D eigenvalue weighted by atomic mass is 16.5. The van der Waals surface area contributed by atoms with E-state index in [1.807, 2.05) is 6.07 Å². The second-order valence-corrected chi connectivity index (χ2v) is 4.72. The lowest BCUT2D eigenvalue weighted by Crippen LogP contribution is -2.00. The normalized spacial score (nSPS) is 10.8. The summed E-state index contributed by atoms with van der Waals surface area (Å²) in [4.78, 5) is 19.3. The molecule has 1 aromatic carbocycles. The largest absolute Gasteiger partial charge is 0.465 e. The first-order valence-corrected chi connectivity index (χ1v) is 6.81. The van der Waals surface area contributed by atoms with E-state index in [1.54, 1.807) is 12.1 Å². The van der Waals surface area contributed by atoms with Crippen LogP contribution in [0.25, 0.3) is 11.0 Å². The Morgan fingerprint density at radius 1 is 1.32 bits per heavy atom. The van der Waals surface area contributed by atoms with Crippen molar-refractivity contribution in [2.75, 3.05) is 7.11 Å². The predicted octanol–water partition coefficient (Wildman–Crippen LogP) is 3.47. The number of nitrogens with zero attached hydrogens (tertiary/aromatic N) is 1. The summed E-state index contributed by atoms with van der Waals surface area (Å²) in [6, 6.07) is 5.40. The van der Waals surface area contributed by atoms with Crippen molar-refractivity contribution in [3.05, 3.63) is 29.6 Å². The van der Waals surface area contributed by atoms with Crippen LogP contribution in [0, 0.1) is 0 Å². The van der Waals surface area contributed by atoms with Crippen molar-refractivity contribution in [2.24, 2.45) is 0 Å². The van der Waals surface area contributed by atoms with E-state index >= 15 is 0 Å². The number of aromatic nitrogens is 2. The third-order valence-corrected chi connectivity index (χ3v) is 3.22. The Bertz CT molecular complexity index is 560. The van der Waals surface area contributed by atoms with Gasteiger partial charge in [-0.05, 0) is 24.6 Å². The average Bonchev–Trinajstić information content (AvgIpc) is 2.84. The molecular formula is C15H20N2O2. The van der Waals surface area contributed by atoms with Crippen molar-refractivity contribution >= 4 is 17.0 Å². The lowest BCUT2D eigenvalue weighted by Gasteiger charge is -1.97. The highest BCUT2D eigenvalue weighted by Gasteiger charge is 2.08. The van der Waals surface area contributed by atoms with Gasteiger partial charge < -0.3 is 9.72 Å². The number of fused-ring (bicyclic) bond motifs is 1. The molecule has 0 bridgehead atoms. The number of H-pyrrole nitrogens is 1. The van der Waals surface area contributed by atoms with Crippen LogP contribution in [0.4, 0.5) is 0 Å². The number of imidazole rings is 1. The molecule has 0 aliphatic carbocycles. The summed E-state index contributed by atoms with van der Waals surface area (Å²) in [6.07, 6.45) is 5.86. The number of rotatable bonds is 6. The number of methoxy groups -OCH3 is 1. The first-order valence-electron chi connectivity index (χ1n) is 6.81. The molecule has 2 rings (SSSR count). The van der Waals surface area contributed by atoms with Gasteiger partial charge in [-0.15, -0.1) is 0 Å². The topological polar surface area (TPSA) is 55.0 Å². The van der Waals surface area contributed by atoms with Crippen molar-refractivity contribution in [3.8, 4) is 0 Å². The van der Waals surface area contributed by atoms with Crippen LogP contribution in [0.15, 0.2) is 18.2 Å². The molecule has 1 aromatic heterocycles. The molecule has 19 heavy (non-hydrogen) atoms. The Labute approximate surface area is 113 Å². The highest BCUT2D eigenvalue weighted by Crippen LogP contribution is 2.16. The van der Waals surface area contributed by atoms with E-state index < -0.39 is 0 Å². The van der Waals surface area contributed by atoms with Gasteiger partial charge in [0.15, 0.2) is 0 Å². The summed E-state index contributed by atoms with van der Waals surface area (Å²) in [5.41, 5.74) is 2.35. The minimum atomic E-state index is -0.319. The number of carbonyl (C=O) groups excluding carboxylic acids is 1. The average molecular weight is 260 g/mol. The summed E-state index contributed by atoms with van der Waals surface area (Å²) < 4.78 is 4.71. The molecule has 102 valence electrons. The van der Waals surface area contributed by atoms with E-state index in [2.05, 4.69) is 16.9 Å². The number of nitrogens with one attached hydrogen (secondary N) is 1. The molecule has 0 atom stereocenters. The molecular weight excluding hydrogens is 240 g/mol. The van der Waals surface area contributed by atoms with Crippen LogP contribution in [0.3, 0.4) is 0 Å². The van der Waals surface area contributed by atoms with Crippen LogP contribution in [-0.2, 0) is 11.2 Å². The molecule has 0 spiro atoms. The third-order valence-electron chi connectivity index (χ3n) is 3.22. The second-order valence-electron chi connectivity index (χ2n) is 4.72. The van der Waals surface area contributed by atoms with Gasteiger partial charge >= 0.3 is 5.97 Å². The van der Waals surface area contributed by atoms with Gasteiger partial charge in [-0.2, -0.15) is 0 Å². The molecule has 0 radical (unpaired) electrons. The van der Waals surface area contributed by atoms with E-state index in [-0.39, 0.29) is 5.97 Å². The molecule has 1 N–H and O–H groups in total. The van der Waals surface area contributed by atoms with Gasteiger partial charge in [0.05, 0.1) is 23.7 Å². The number of aryl methyl sites for hydroxylation is 1. The molecule has 0 unspecified atom stereocenters. The first-order chi connectivity index (χ1) is 9.24. The van der Waals surface area contributed by atoms with Gasteiger partial charge in [0.2, 0.25) is 0 Å². The Morgan fingerprint density at radius 3 is 2.89 bits per heavy atom. The molecule has 0 saturated heterocycles. The molecule has 0 saturated carbocycles. The smallest absolute Gasteiger partial charge is 0.337 e. The fraction of sp³-hybridized carbons (Fsp3) is 0.467. The molecule has 4 heteroatoms.